The summed E-state index contributed by atoms with van der Waals surface area (Å²) < 4.78 is 25.3. The van der Waals surface area contributed by atoms with E-state index in [-0.39, 0.29) is 5.75 Å². The summed E-state index contributed by atoms with van der Waals surface area (Å²) in [5, 5.41) is 9.19. The predicted octanol–water partition coefficient (Wildman–Crippen LogP) is 2.16. The Balaban J connectivity index is 1.92. The Hall–Kier alpha value is -2.23. The highest BCUT2D eigenvalue weighted by molar-refractivity contribution is 7.89. The quantitative estimate of drug-likeness (QED) is 0.870. The molecule has 0 N–H and O–H groups in total. The summed E-state index contributed by atoms with van der Waals surface area (Å²) in [6, 6.07) is 11.4. The molecule has 0 spiro atoms. The van der Waals surface area contributed by atoms with Crippen LogP contribution in [0.4, 0.5) is 0 Å². The van der Waals surface area contributed by atoms with E-state index in [0.717, 1.165) is 16.7 Å². The van der Waals surface area contributed by atoms with Gasteiger partial charge in [-0.3, -0.25) is 4.98 Å². The lowest BCUT2D eigenvalue weighted by atomic mass is 10.0. The van der Waals surface area contributed by atoms with Gasteiger partial charge in [-0.25, -0.2) is 8.42 Å². The molecule has 0 aliphatic carbocycles. The van der Waals surface area contributed by atoms with E-state index in [1.165, 1.54) is 4.31 Å². The lowest BCUT2D eigenvalue weighted by Crippen LogP contribution is -2.25. The Morgan fingerprint density at radius 1 is 1.27 bits per heavy atom. The van der Waals surface area contributed by atoms with Crippen LogP contribution in [0.1, 0.15) is 17.5 Å². The Kier molecular flexibility index (Phi) is 3.92. The first-order valence-electron chi connectivity index (χ1n) is 7.01. The van der Waals surface area contributed by atoms with Crippen LogP contribution >= 0.6 is 0 Å². The summed E-state index contributed by atoms with van der Waals surface area (Å²) in [5.74, 6) is 0.220. The molecule has 3 rings (SSSR count). The van der Waals surface area contributed by atoms with Gasteiger partial charge in [-0.05, 0) is 24.1 Å². The standard InChI is InChI=1S/C16H15N3O2S/c17-9-14-4-1-2-5-16(14)15-8-13(10-18-11-15)12-19-6-3-7-22(19,20)21/h1-2,4-5,8,10-11H,3,6-7,12H2. The molecule has 1 fully saturated rings. The Bertz CT molecular complexity index is 840. The Labute approximate surface area is 129 Å². The van der Waals surface area contributed by atoms with Crippen molar-refractivity contribution in [1.29, 1.82) is 5.26 Å². The number of hydrogen-bond donors (Lipinski definition) is 0. The maximum absolute atomic E-state index is 11.9. The highest BCUT2D eigenvalue weighted by atomic mass is 32.2. The maximum Gasteiger partial charge on any atom is 0.214 e. The number of sulfonamides is 1. The Morgan fingerprint density at radius 2 is 2.09 bits per heavy atom. The first kappa shape index (κ1) is 14.7. The van der Waals surface area contributed by atoms with Gasteiger partial charge >= 0.3 is 0 Å². The summed E-state index contributed by atoms with van der Waals surface area (Å²) in [6.45, 7) is 0.888. The molecule has 0 amide bonds. The van der Waals surface area contributed by atoms with Crippen LogP contribution in [0.15, 0.2) is 42.7 Å². The molecule has 5 nitrogen and oxygen atoms in total. The number of benzene rings is 1. The average molecular weight is 313 g/mol. The summed E-state index contributed by atoms with van der Waals surface area (Å²) in [7, 11) is -3.12. The molecule has 1 aliphatic heterocycles. The van der Waals surface area contributed by atoms with Crippen LogP contribution in [-0.4, -0.2) is 30.0 Å². The minimum atomic E-state index is -3.12. The molecular weight excluding hydrogens is 298 g/mol. The smallest absolute Gasteiger partial charge is 0.214 e. The van der Waals surface area contributed by atoms with Crippen molar-refractivity contribution in [2.75, 3.05) is 12.3 Å². The van der Waals surface area contributed by atoms with Gasteiger partial charge in [0.05, 0.1) is 17.4 Å². The number of nitriles is 1. The van der Waals surface area contributed by atoms with Crippen molar-refractivity contribution < 1.29 is 8.42 Å². The third-order valence-electron chi connectivity index (χ3n) is 3.72. The van der Waals surface area contributed by atoms with Gasteiger partial charge in [-0.15, -0.1) is 0 Å². The molecular formula is C16H15N3O2S. The minimum absolute atomic E-state index is 0.220. The van der Waals surface area contributed by atoms with Gasteiger partial charge in [-0.1, -0.05) is 18.2 Å². The highest BCUT2D eigenvalue weighted by Gasteiger charge is 2.28. The van der Waals surface area contributed by atoms with Gasteiger partial charge in [0.25, 0.3) is 0 Å². The molecule has 0 unspecified atom stereocenters. The fourth-order valence-electron chi connectivity index (χ4n) is 2.63. The van der Waals surface area contributed by atoms with E-state index in [1.54, 1.807) is 18.5 Å². The number of nitrogens with zero attached hydrogens (tertiary/aromatic N) is 3. The average Bonchev–Trinajstić information content (AvgIpc) is 2.86. The van der Waals surface area contributed by atoms with Crippen LogP contribution in [0, 0.1) is 11.3 Å². The van der Waals surface area contributed by atoms with Crippen molar-refractivity contribution in [3.63, 3.8) is 0 Å². The van der Waals surface area contributed by atoms with E-state index >= 15 is 0 Å². The second-order valence-electron chi connectivity index (χ2n) is 5.24. The van der Waals surface area contributed by atoms with Crippen LogP contribution in [0.5, 0.6) is 0 Å². The van der Waals surface area contributed by atoms with Crippen molar-refractivity contribution in [2.45, 2.75) is 13.0 Å². The van der Waals surface area contributed by atoms with Crippen molar-refractivity contribution in [3.05, 3.63) is 53.9 Å². The molecule has 1 aromatic heterocycles. The van der Waals surface area contributed by atoms with Crippen LogP contribution in [0.3, 0.4) is 0 Å². The fourth-order valence-corrected chi connectivity index (χ4v) is 4.13. The minimum Gasteiger partial charge on any atom is -0.264 e. The molecule has 1 aliphatic rings. The maximum atomic E-state index is 11.9. The third-order valence-corrected chi connectivity index (χ3v) is 5.62. The van der Waals surface area contributed by atoms with Crippen LogP contribution < -0.4 is 0 Å². The number of aromatic nitrogens is 1. The summed E-state index contributed by atoms with van der Waals surface area (Å²) in [4.78, 5) is 4.20. The number of hydrogen-bond acceptors (Lipinski definition) is 4. The van der Waals surface area contributed by atoms with E-state index in [0.29, 0.717) is 25.1 Å². The highest BCUT2D eigenvalue weighted by Crippen LogP contribution is 2.24. The third kappa shape index (κ3) is 2.86. The predicted molar refractivity (Wildman–Crippen MR) is 83.2 cm³/mol. The first-order chi connectivity index (χ1) is 10.6. The Morgan fingerprint density at radius 3 is 2.82 bits per heavy atom. The second kappa shape index (κ2) is 5.87. The molecule has 0 saturated carbocycles. The largest absolute Gasteiger partial charge is 0.264 e. The molecule has 6 heteroatoms. The second-order valence-corrected chi connectivity index (χ2v) is 7.33. The molecule has 0 atom stereocenters. The SMILES string of the molecule is N#Cc1ccccc1-c1cncc(CN2CCCS2(=O)=O)c1. The topological polar surface area (TPSA) is 74.1 Å². The van der Waals surface area contributed by atoms with E-state index in [4.69, 9.17) is 0 Å². The summed E-state index contributed by atoms with van der Waals surface area (Å²) in [5.41, 5.74) is 3.04. The summed E-state index contributed by atoms with van der Waals surface area (Å²) >= 11 is 0. The van der Waals surface area contributed by atoms with Crippen molar-refractivity contribution >= 4 is 10.0 Å². The van der Waals surface area contributed by atoms with Gasteiger partial charge in [0.2, 0.25) is 10.0 Å². The molecule has 1 saturated heterocycles. The molecule has 1 aromatic carbocycles. The van der Waals surface area contributed by atoms with E-state index < -0.39 is 10.0 Å². The monoisotopic (exact) mass is 313 g/mol. The van der Waals surface area contributed by atoms with Gasteiger partial charge in [0.1, 0.15) is 0 Å². The van der Waals surface area contributed by atoms with Gasteiger partial charge < -0.3 is 0 Å². The van der Waals surface area contributed by atoms with Crippen LogP contribution in [0.2, 0.25) is 0 Å². The van der Waals surface area contributed by atoms with E-state index in [9.17, 15) is 13.7 Å². The van der Waals surface area contributed by atoms with Gasteiger partial charge in [0.15, 0.2) is 0 Å². The normalized spacial score (nSPS) is 17.2. The summed E-state index contributed by atoms with van der Waals surface area (Å²) in [6.07, 6.45) is 4.04. The van der Waals surface area contributed by atoms with Crippen molar-refractivity contribution in [1.82, 2.24) is 9.29 Å². The van der Waals surface area contributed by atoms with Crippen LogP contribution in [-0.2, 0) is 16.6 Å². The number of pyridine rings is 1. The molecule has 2 aromatic rings. The molecule has 2 heterocycles. The molecule has 112 valence electrons. The van der Waals surface area contributed by atoms with Crippen LogP contribution in [0.25, 0.3) is 11.1 Å². The molecule has 0 radical (unpaired) electrons. The fraction of sp³-hybridized carbons (Fsp3) is 0.250. The first-order valence-corrected chi connectivity index (χ1v) is 8.62. The number of rotatable bonds is 3. The molecule has 0 bridgehead atoms. The molecule has 22 heavy (non-hydrogen) atoms. The lowest BCUT2D eigenvalue weighted by Gasteiger charge is -2.14. The zero-order chi connectivity index (χ0) is 15.6. The van der Waals surface area contributed by atoms with Gasteiger partial charge in [-0.2, -0.15) is 9.57 Å². The van der Waals surface area contributed by atoms with Gasteiger partial charge in [0, 0.05) is 36.6 Å². The van der Waals surface area contributed by atoms with E-state index in [2.05, 4.69) is 11.1 Å². The lowest BCUT2D eigenvalue weighted by molar-refractivity contribution is 0.439. The van der Waals surface area contributed by atoms with E-state index in [1.807, 2.05) is 24.3 Å². The zero-order valence-electron chi connectivity index (χ0n) is 11.9. The van der Waals surface area contributed by atoms with Crippen molar-refractivity contribution in [2.24, 2.45) is 0 Å². The van der Waals surface area contributed by atoms with Crippen molar-refractivity contribution in [3.8, 4) is 17.2 Å². The zero-order valence-corrected chi connectivity index (χ0v) is 12.8.